The molecule has 0 N–H and O–H groups in total. The SMILES string of the molecule is CC(C)(C)SC[C@@H]1CCCCN1C(=O)CCc1ccc(C#N)cc1. The lowest BCUT2D eigenvalue weighted by Crippen LogP contribution is -2.45. The largest absolute Gasteiger partial charge is 0.339 e. The molecule has 1 aliphatic rings. The van der Waals surface area contributed by atoms with E-state index in [4.69, 9.17) is 5.26 Å². The lowest BCUT2D eigenvalue weighted by atomic mass is 10.0. The van der Waals surface area contributed by atoms with E-state index in [2.05, 4.69) is 31.7 Å². The highest BCUT2D eigenvalue weighted by Crippen LogP contribution is 2.29. The fourth-order valence-corrected chi connectivity index (χ4v) is 4.03. The molecule has 0 saturated carbocycles. The zero-order valence-electron chi connectivity index (χ0n) is 15.0. The van der Waals surface area contributed by atoms with Gasteiger partial charge >= 0.3 is 0 Å². The molecule has 2 rings (SSSR count). The number of nitriles is 1. The number of aryl methyl sites for hydroxylation is 1. The van der Waals surface area contributed by atoms with Crippen LogP contribution >= 0.6 is 11.8 Å². The first kappa shape index (κ1) is 18.9. The van der Waals surface area contributed by atoms with E-state index in [0.29, 0.717) is 18.0 Å². The van der Waals surface area contributed by atoms with Crippen LogP contribution in [-0.4, -0.2) is 33.9 Å². The number of benzene rings is 1. The van der Waals surface area contributed by atoms with Crippen LogP contribution in [-0.2, 0) is 11.2 Å². The summed E-state index contributed by atoms with van der Waals surface area (Å²) in [5, 5.41) is 8.84. The number of rotatable bonds is 5. The highest BCUT2D eigenvalue weighted by molar-refractivity contribution is 8.00. The maximum Gasteiger partial charge on any atom is 0.223 e. The zero-order chi connectivity index (χ0) is 17.6. The average Bonchev–Trinajstić information content (AvgIpc) is 2.58. The van der Waals surface area contributed by atoms with Gasteiger partial charge in [0.2, 0.25) is 5.91 Å². The molecule has 1 amide bonds. The molecule has 1 aromatic rings. The van der Waals surface area contributed by atoms with Gasteiger partial charge in [0.1, 0.15) is 0 Å². The predicted octanol–water partition coefficient (Wildman–Crippen LogP) is 4.40. The molecule has 1 aliphatic heterocycles. The summed E-state index contributed by atoms with van der Waals surface area (Å²) in [4.78, 5) is 14.8. The summed E-state index contributed by atoms with van der Waals surface area (Å²) < 4.78 is 0.245. The van der Waals surface area contributed by atoms with Crippen molar-refractivity contribution in [2.75, 3.05) is 12.3 Å². The maximum absolute atomic E-state index is 12.7. The number of carbonyl (C=O) groups is 1. The summed E-state index contributed by atoms with van der Waals surface area (Å²) in [5.41, 5.74) is 1.79. The van der Waals surface area contributed by atoms with Crippen LogP contribution in [0.4, 0.5) is 0 Å². The van der Waals surface area contributed by atoms with Gasteiger partial charge in [0, 0.05) is 29.5 Å². The third-order valence-corrected chi connectivity index (χ3v) is 5.78. The van der Waals surface area contributed by atoms with Gasteiger partial charge in [-0.15, -0.1) is 0 Å². The molecular formula is C20H28N2OS. The van der Waals surface area contributed by atoms with Crippen LogP contribution in [0.1, 0.15) is 57.6 Å². The Morgan fingerprint density at radius 2 is 2.00 bits per heavy atom. The third kappa shape index (κ3) is 5.87. The van der Waals surface area contributed by atoms with Gasteiger partial charge in [0.25, 0.3) is 0 Å². The van der Waals surface area contributed by atoms with Crippen molar-refractivity contribution in [2.24, 2.45) is 0 Å². The second-order valence-corrected chi connectivity index (χ2v) is 9.32. The van der Waals surface area contributed by atoms with E-state index in [1.165, 1.54) is 6.42 Å². The molecule has 4 heteroatoms. The van der Waals surface area contributed by atoms with Crippen molar-refractivity contribution in [3.63, 3.8) is 0 Å². The molecule has 130 valence electrons. The summed E-state index contributed by atoms with van der Waals surface area (Å²) in [6.45, 7) is 7.61. The summed E-state index contributed by atoms with van der Waals surface area (Å²) >= 11 is 1.96. The Hall–Kier alpha value is -1.47. The number of hydrogen-bond acceptors (Lipinski definition) is 3. The van der Waals surface area contributed by atoms with Crippen LogP contribution in [0.3, 0.4) is 0 Å². The number of hydrogen-bond donors (Lipinski definition) is 0. The molecule has 1 fully saturated rings. The topological polar surface area (TPSA) is 44.1 Å². The molecule has 1 heterocycles. The Kier molecular flexibility index (Phi) is 6.74. The van der Waals surface area contributed by atoms with Crippen molar-refractivity contribution in [2.45, 2.75) is 63.7 Å². The molecule has 0 radical (unpaired) electrons. The smallest absolute Gasteiger partial charge is 0.223 e. The van der Waals surface area contributed by atoms with Gasteiger partial charge in [-0.1, -0.05) is 32.9 Å². The standard InChI is InChI=1S/C20H28N2OS/c1-20(2,3)24-15-18-6-4-5-13-22(18)19(23)12-11-16-7-9-17(14-21)10-8-16/h7-10,18H,4-6,11-13,15H2,1-3H3/t18-/m0/s1. The Morgan fingerprint density at radius 3 is 2.62 bits per heavy atom. The van der Waals surface area contributed by atoms with Gasteiger partial charge in [0.05, 0.1) is 11.6 Å². The van der Waals surface area contributed by atoms with Crippen LogP contribution in [0.15, 0.2) is 24.3 Å². The van der Waals surface area contributed by atoms with Gasteiger partial charge in [0.15, 0.2) is 0 Å². The number of thioether (sulfide) groups is 1. The normalized spacial score (nSPS) is 18.2. The molecule has 1 saturated heterocycles. The first-order valence-electron chi connectivity index (χ1n) is 8.81. The number of nitrogens with zero attached hydrogens (tertiary/aromatic N) is 2. The monoisotopic (exact) mass is 344 g/mol. The van der Waals surface area contributed by atoms with Crippen molar-refractivity contribution in [3.8, 4) is 6.07 Å². The van der Waals surface area contributed by atoms with Gasteiger partial charge in [-0.25, -0.2) is 0 Å². The number of amides is 1. The molecular weight excluding hydrogens is 316 g/mol. The molecule has 1 aromatic carbocycles. The Balaban J connectivity index is 1.89. The molecule has 0 unspecified atom stereocenters. The lowest BCUT2D eigenvalue weighted by Gasteiger charge is -2.37. The Bertz CT molecular complexity index is 583. The summed E-state index contributed by atoms with van der Waals surface area (Å²) in [5.74, 6) is 1.31. The van der Waals surface area contributed by atoms with E-state index in [1.54, 1.807) is 0 Å². The van der Waals surface area contributed by atoms with Crippen LogP contribution in [0.25, 0.3) is 0 Å². The predicted molar refractivity (Wildman–Crippen MR) is 101 cm³/mol. The van der Waals surface area contributed by atoms with E-state index in [0.717, 1.165) is 37.1 Å². The second-order valence-electron chi connectivity index (χ2n) is 7.47. The van der Waals surface area contributed by atoms with Gasteiger partial charge in [-0.2, -0.15) is 17.0 Å². The minimum absolute atomic E-state index is 0.245. The zero-order valence-corrected chi connectivity index (χ0v) is 15.9. The number of carbonyl (C=O) groups excluding carboxylic acids is 1. The van der Waals surface area contributed by atoms with Gasteiger partial charge in [-0.3, -0.25) is 4.79 Å². The van der Waals surface area contributed by atoms with Crippen LogP contribution in [0, 0.1) is 11.3 Å². The summed E-state index contributed by atoms with van der Waals surface area (Å²) in [6, 6.07) is 10.1. The minimum atomic E-state index is 0.245. The van der Waals surface area contributed by atoms with Crippen molar-refractivity contribution >= 4 is 17.7 Å². The van der Waals surface area contributed by atoms with E-state index in [1.807, 2.05) is 36.0 Å². The molecule has 0 bridgehead atoms. The second kappa shape index (κ2) is 8.58. The van der Waals surface area contributed by atoms with E-state index >= 15 is 0 Å². The molecule has 0 spiro atoms. The van der Waals surface area contributed by atoms with Gasteiger partial charge < -0.3 is 4.90 Å². The summed E-state index contributed by atoms with van der Waals surface area (Å²) in [6.07, 6.45) is 4.79. The summed E-state index contributed by atoms with van der Waals surface area (Å²) in [7, 11) is 0. The minimum Gasteiger partial charge on any atom is -0.339 e. The maximum atomic E-state index is 12.7. The van der Waals surface area contributed by atoms with Crippen molar-refractivity contribution < 1.29 is 4.79 Å². The van der Waals surface area contributed by atoms with Crippen LogP contribution in [0.2, 0.25) is 0 Å². The number of likely N-dealkylation sites (tertiary alicyclic amines) is 1. The molecule has 0 aromatic heterocycles. The number of piperidine rings is 1. The van der Waals surface area contributed by atoms with E-state index < -0.39 is 0 Å². The molecule has 3 nitrogen and oxygen atoms in total. The van der Waals surface area contributed by atoms with E-state index in [-0.39, 0.29) is 10.7 Å². The quantitative estimate of drug-likeness (QED) is 0.795. The Morgan fingerprint density at radius 1 is 1.29 bits per heavy atom. The van der Waals surface area contributed by atoms with Crippen molar-refractivity contribution in [3.05, 3.63) is 35.4 Å². The lowest BCUT2D eigenvalue weighted by molar-refractivity contribution is -0.134. The van der Waals surface area contributed by atoms with Gasteiger partial charge in [-0.05, 0) is 43.4 Å². The fraction of sp³-hybridized carbons (Fsp3) is 0.600. The highest BCUT2D eigenvalue weighted by Gasteiger charge is 2.27. The average molecular weight is 345 g/mol. The Labute approximate surface area is 150 Å². The fourth-order valence-electron chi connectivity index (χ4n) is 2.99. The highest BCUT2D eigenvalue weighted by atomic mass is 32.2. The first-order valence-corrected chi connectivity index (χ1v) is 9.80. The van der Waals surface area contributed by atoms with Crippen molar-refractivity contribution in [1.29, 1.82) is 5.26 Å². The molecule has 0 aliphatic carbocycles. The van der Waals surface area contributed by atoms with Crippen LogP contribution < -0.4 is 0 Å². The first-order chi connectivity index (χ1) is 11.4. The van der Waals surface area contributed by atoms with Crippen molar-refractivity contribution in [1.82, 2.24) is 4.90 Å². The molecule has 1 atom stereocenters. The third-order valence-electron chi connectivity index (χ3n) is 4.37. The molecule has 24 heavy (non-hydrogen) atoms. The van der Waals surface area contributed by atoms with Crippen LogP contribution in [0.5, 0.6) is 0 Å². The van der Waals surface area contributed by atoms with E-state index in [9.17, 15) is 4.79 Å².